The summed E-state index contributed by atoms with van der Waals surface area (Å²) in [6.07, 6.45) is 6.50. The quantitative estimate of drug-likeness (QED) is 0.699. The number of hydrogen-bond acceptors (Lipinski definition) is 1. The van der Waals surface area contributed by atoms with E-state index < -0.39 is 5.67 Å². The second-order valence-electron chi connectivity index (χ2n) is 4.27. The Morgan fingerprint density at radius 1 is 1.23 bits per heavy atom. The molecule has 0 unspecified atom stereocenters. The van der Waals surface area contributed by atoms with Crippen molar-refractivity contribution in [3.8, 4) is 0 Å². The Morgan fingerprint density at radius 3 is 2.38 bits per heavy atom. The Labute approximate surface area is 77.9 Å². The second kappa shape index (κ2) is 3.28. The molecule has 0 bridgehead atoms. The number of rotatable bonds is 2. The van der Waals surface area contributed by atoms with E-state index in [1.54, 1.807) is 0 Å². The Kier molecular flexibility index (Phi) is 2.26. The molecule has 2 nitrogen and oxygen atoms in total. The molecule has 1 amide bonds. The lowest BCUT2D eigenvalue weighted by atomic mass is 9.95. The fraction of sp³-hybridized carbons (Fsp3) is 0.900. The maximum Gasteiger partial charge on any atom is 0.257 e. The van der Waals surface area contributed by atoms with Crippen molar-refractivity contribution in [2.24, 2.45) is 0 Å². The molecule has 2 aliphatic carbocycles. The minimum Gasteiger partial charge on any atom is -0.351 e. The molecular weight excluding hydrogens is 169 g/mol. The van der Waals surface area contributed by atoms with Crippen molar-refractivity contribution >= 4 is 5.91 Å². The molecule has 2 fully saturated rings. The van der Waals surface area contributed by atoms with Gasteiger partial charge in [0.15, 0.2) is 5.67 Å². The topological polar surface area (TPSA) is 29.1 Å². The van der Waals surface area contributed by atoms with E-state index in [2.05, 4.69) is 5.32 Å². The van der Waals surface area contributed by atoms with Gasteiger partial charge in [-0.1, -0.05) is 19.3 Å². The van der Waals surface area contributed by atoms with Gasteiger partial charge in [-0.25, -0.2) is 4.39 Å². The number of carbonyl (C=O) groups excluding carboxylic acids is 1. The standard InChI is InChI=1S/C10H16FNO/c11-10(6-7-10)9(13)12-8-4-2-1-3-5-8/h8H,1-7H2,(H,12,13). The monoisotopic (exact) mass is 185 g/mol. The lowest BCUT2D eigenvalue weighted by molar-refractivity contribution is -0.128. The molecule has 0 atom stereocenters. The fourth-order valence-electron chi connectivity index (χ4n) is 1.90. The second-order valence-corrected chi connectivity index (χ2v) is 4.27. The van der Waals surface area contributed by atoms with E-state index in [0.717, 1.165) is 12.8 Å². The summed E-state index contributed by atoms with van der Waals surface area (Å²) in [5.41, 5.74) is -1.49. The predicted molar refractivity (Wildman–Crippen MR) is 48.1 cm³/mol. The number of nitrogens with one attached hydrogen (secondary N) is 1. The largest absolute Gasteiger partial charge is 0.351 e. The highest BCUT2D eigenvalue weighted by molar-refractivity contribution is 5.88. The molecule has 0 heterocycles. The van der Waals surface area contributed by atoms with E-state index in [4.69, 9.17) is 0 Å². The van der Waals surface area contributed by atoms with E-state index in [1.165, 1.54) is 19.3 Å². The van der Waals surface area contributed by atoms with Crippen LogP contribution in [0.15, 0.2) is 0 Å². The maximum absolute atomic E-state index is 13.2. The minimum absolute atomic E-state index is 0.245. The van der Waals surface area contributed by atoms with E-state index in [0.29, 0.717) is 12.8 Å². The number of alkyl halides is 1. The molecule has 0 saturated heterocycles. The van der Waals surface area contributed by atoms with E-state index in [9.17, 15) is 9.18 Å². The smallest absolute Gasteiger partial charge is 0.257 e. The number of carbonyl (C=O) groups is 1. The molecule has 2 aliphatic rings. The molecule has 0 radical (unpaired) electrons. The van der Waals surface area contributed by atoms with E-state index in [1.807, 2.05) is 0 Å². The fourth-order valence-corrected chi connectivity index (χ4v) is 1.90. The molecule has 1 N–H and O–H groups in total. The minimum atomic E-state index is -1.49. The summed E-state index contributed by atoms with van der Waals surface area (Å²) in [4.78, 5) is 11.3. The zero-order valence-corrected chi connectivity index (χ0v) is 7.81. The van der Waals surface area contributed by atoms with E-state index in [-0.39, 0.29) is 11.9 Å². The highest BCUT2D eigenvalue weighted by Gasteiger charge is 2.51. The van der Waals surface area contributed by atoms with Gasteiger partial charge in [-0.2, -0.15) is 0 Å². The molecule has 13 heavy (non-hydrogen) atoms. The summed E-state index contributed by atoms with van der Waals surface area (Å²) < 4.78 is 13.2. The van der Waals surface area contributed by atoms with Crippen molar-refractivity contribution in [3.63, 3.8) is 0 Å². The zero-order valence-electron chi connectivity index (χ0n) is 7.81. The van der Waals surface area contributed by atoms with E-state index >= 15 is 0 Å². The summed E-state index contributed by atoms with van der Waals surface area (Å²) in [5.74, 6) is -0.362. The average molecular weight is 185 g/mol. The van der Waals surface area contributed by atoms with Crippen molar-refractivity contribution in [2.75, 3.05) is 0 Å². The molecule has 0 aromatic rings. The maximum atomic E-state index is 13.2. The lowest BCUT2D eigenvalue weighted by Gasteiger charge is -2.23. The molecule has 2 saturated carbocycles. The third-order valence-electron chi connectivity index (χ3n) is 3.04. The summed E-state index contributed by atoms with van der Waals surface area (Å²) in [6.45, 7) is 0. The molecule has 3 heteroatoms. The summed E-state index contributed by atoms with van der Waals surface area (Å²) in [7, 11) is 0. The number of halogens is 1. The van der Waals surface area contributed by atoms with Crippen LogP contribution in [-0.4, -0.2) is 17.6 Å². The first-order chi connectivity index (χ1) is 6.21. The van der Waals surface area contributed by atoms with Crippen LogP contribution in [0.2, 0.25) is 0 Å². The van der Waals surface area contributed by atoms with Gasteiger partial charge in [0.1, 0.15) is 0 Å². The van der Waals surface area contributed by atoms with Gasteiger partial charge in [0.05, 0.1) is 0 Å². The van der Waals surface area contributed by atoms with Crippen LogP contribution in [0.4, 0.5) is 4.39 Å². The van der Waals surface area contributed by atoms with Crippen molar-refractivity contribution in [2.45, 2.75) is 56.7 Å². The zero-order chi connectivity index (χ0) is 9.31. The summed E-state index contributed by atoms with van der Waals surface area (Å²) in [6, 6.07) is 0.245. The summed E-state index contributed by atoms with van der Waals surface area (Å²) in [5, 5.41) is 2.81. The van der Waals surface area contributed by atoms with Gasteiger partial charge >= 0.3 is 0 Å². The van der Waals surface area contributed by atoms with Gasteiger partial charge in [0.25, 0.3) is 5.91 Å². The Hall–Kier alpha value is -0.600. The average Bonchev–Trinajstić information content (AvgIpc) is 2.87. The molecule has 0 aromatic carbocycles. The molecule has 0 aliphatic heterocycles. The SMILES string of the molecule is O=C(NC1CCCCC1)C1(F)CC1. The first kappa shape index (κ1) is 8.97. The highest BCUT2D eigenvalue weighted by Crippen LogP contribution is 2.40. The summed E-state index contributed by atoms with van der Waals surface area (Å²) >= 11 is 0. The normalized spacial score (nSPS) is 26.8. The Balaban J connectivity index is 1.79. The molecular formula is C10H16FNO. The van der Waals surface area contributed by atoms with Crippen LogP contribution in [0.1, 0.15) is 44.9 Å². The number of hydrogen-bond donors (Lipinski definition) is 1. The molecule has 2 rings (SSSR count). The van der Waals surface area contributed by atoms with Crippen LogP contribution in [-0.2, 0) is 4.79 Å². The third-order valence-corrected chi connectivity index (χ3v) is 3.04. The Morgan fingerprint density at radius 2 is 1.85 bits per heavy atom. The lowest BCUT2D eigenvalue weighted by Crippen LogP contribution is -2.41. The van der Waals surface area contributed by atoms with Crippen LogP contribution >= 0.6 is 0 Å². The molecule has 74 valence electrons. The predicted octanol–water partition coefficient (Wildman–Crippen LogP) is 1.94. The third kappa shape index (κ3) is 2.01. The Bertz CT molecular complexity index is 207. The van der Waals surface area contributed by atoms with Crippen molar-refractivity contribution in [1.29, 1.82) is 0 Å². The molecule has 0 aromatic heterocycles. The van der Waals surface area contributed by atoms with Crippen LogP contribution in [0.25, 0.3) is 0 Å². The number of amides is 1. The van der Waals surface area contributed by atoms with Gasteiger partial charge < -0.3 is 5.32 Å². The van der Waals surface area contributed by atoms with Gasteiger partial charge in [0.2, 0.25) is 0 Å². The highest BCUT2D eigenvalue weighted by atomic mass is 19.1. The van der Waals surface area contributed by atoms with Crippen molar-refractivity contribution in [1.82, 2.24) is 5.32 Å². The van der Waals surface area contributed by atoms with Crippen LogP contribution in [0, 0.1) is 0 Å². The molecule has 0 spiro atoms. The van der Waals surface area contributed by atoms with Gasteiger partial charge in [-0.15, -0.1) is 0 Å². The van der Waals surface area contributed by atoms with Crippen molar-refractivity contribution < 1.29 is 9.18 Å². The van der Waals surface area contributed by atoms with Crippen LogP contribution in [0.5, 0.6) is 0 Å². The first-order valence-corrected chi connectivity index (χ1v) is 5.21. The van der Waals surface area contributed by atoms with Crippen LogP contribution < -0.4 is 5.32 Å². The van der Waals surface area contributed by atoms with Gasteiger partial charge in [-0.3, -0.25) is 4.79 Å². The van der Waals surface area contributed by atoms with Crippen molar-refractivity contribution in [3.05, 3.63) is 0 Å². The van der Waals surface area contributed by atoms with Crippen LogP contribution in [0.3, 0.4) is 0 Å². The van der Waals surface area contributed by atoms with Gasteiger partial charge in [-0.05, 0) is 25.7 Å². The first-order valence-electron chi connectivity index (χ1n) is 5.21. The van der Waals surface area contributed by atoms with Gasteiger partial charge in [0, 0.05) is 6.04 Å².